The van der Waals surface area contributed by atoms with Crippen LogP contribution in [0.15, 0.2) is 17.5 Å². The summed E-state index contributed by atoms with van der Waals surface area (Å²) in [7, 11) is 0. The first kappa shape index (κ1) is 15.6. The Labute approximate surface area is 129 Å². The first-order valence-corrected chi connectivity index (χ1v) is 7.82. The number of hydrogen-bond acceptors (Lipinski definition) is 6. The van der Waals surface area contributed by atoms with Crippen molar-refractivity contribution >= 4 is 34.6 Å². The number of carboxylic acids is 1. The lowest BCUT2D eigenvalue weighted by Gasteiger charge is -2.16. The van der Waals surface area contributed by atoms with E-state index in [1.165, 1.54) is 29.6 Å². The van der Waals surface area contributed by atoms with E-state index in [0.717, 1.165) is 9.88 Å². The molecule has 3 N–H and O–H groups in total. The fourth-order valence-corrected chi connectivity index (χ4v) is 3.47. The summed E-state index contributed by atoms with van der Waals surface area (Å²) in [5, 5.41) is 23.3. The molecule has 8 heteroatoms. The number of carbonyl (C=O) groups excluding carboxylic acids is 1. The van der Waals surface area contributed by atoms with Crippen molar-refractivity contribution in [3.63, 3.8) is 0 Å². The van der Waals surface area contributed by atoms with Crippen LogP contribution < -0.4 is 5.32 Å². The molecule has 112 valence electrons. The number of nitrogens with one attached hydrogen (secondary N) is 1. The normalized spacial score (nSPS) is 13.7. The summed E-state index contributed by atoms with van der Waals surface area (Å²) in [4.78, 5) is 28.8. The van der Waals surface area contributed by atoms with Gasteiger partial charge in [-0.25, -0.2) is 9.78 Å². The van der Waals surface area contributed by atoms with Crippen LogP contribution in [0.5, 0.6) is 0 Å². The number of thiophene rings is 1. The van der Waals surface area contributed by atoms with E-state index >= 15 is 0 Å². The number of aliphatic carboxylic acids is 1. The van der Waals surface area contributed by atoms with E-state index in [1.807, 2.05) is 17.5 Å². The second-order valence-electron chi connectivity index (χ2n) is 4.44. The molecule has 0 aliphatic carbocycles. The highest BCUT2D eigenvalue weighted by atomic mass is 32.1. The highest BCUT2D eigenvalue weighted by molar-refractivity contribution is 7.22. The second kappa shape index (κ2) is 6.33. The number of nitrogens with zero attached hydrogens (tertiary/aromatic N) is 1. The Morgan fingerprint density at radius 2 is 2.14 bits per heavy atom. The molecule has 0 aliphatic rings. The van der Waals surface area contributed by atoms with E-state index in [4.69, 9.17) is 5.11 Å². The van der Waals surface area contributed by atoms with Crippen molar-refractivity contribution in [3.8, 4) is 9.88 Å². The fraction of sp³-hybridized carbons (Fsp3) is 0.308. The van der Waals surface area contributed by atoms with Crippen LogP contribution in [0, 0.1) is 6.92 Å². The summed E-state index contributed by atoms with van der Waals surface area (Å²) in [6.45, 7) is 3.01. The Morgan fingerprint density at radius 1 is 1.43 bits per heavy atom. The molecule has 0 saturated carbocycles. The van der Waals surface area contributed by atoms with Gasteiger partial charge in [0.15, 0.2) is 6.04 Å². The summed E-state index contributed by atoms with van der Waals surface area (Å²) >= 11 is 2.72. The van der Waals surface area contributed by atoms with Gasteiger partial charge in [0.05, 0.1) is 16.7 Å². The third kappa shape index (κ3) is 3.46. The fourth-order valence-electron chi connectivity index (χ4n) is 1.71. The Hall–Kier alpha value is -1.77. The molecule has 2 aromatic heterocycles. The van der Waals surface area contributed by atoms with Crippen LogP contribution in [0.25, 0.3) is 9.88 Å². The van der Waals surface area contributed by atoms with E-state index in [9.17, 15) is 14.7 Å². The number of aliphatic hydroxyl groups excluding tert-OH is 1. The van der Waals surface area contributed by atoms with Crippen LogP contribution in [0.4, 0.5) is 0 Å². The third-order valence-corrected chi connectivity index (χ3v) is 4.97. The zero-order valence-electron chi connectivity index (χ0n) is 11.4. The van der Waals surface area contributed by atoms with Gasteiger partial charge >= 0.3 is 5.97 Å². The van der Waals surface area contributed by atoms with Gasteiger partial charge in [0, 0.05) is 0 Å². The summed E-state index contributed by atoms with van der Waals surface area (Å²) in [5.41, 5.74) is 0.538. The van der Waals surface area contributed by atoms with Gasteiger partial charge in [-0.05, 0) is 25.3 Å². The lowest BCUT2D eigenvalue weighted by Crippen LogP contribution is -2.47. The zero-order valence-corrected chi connectivity index (χ0v) is 13.0. The minimum atomic E-state index is -1.34. The summed E-state index contributed by atoms with van der Waals surface area (Å²) in [6.07, 6.45) is -1.18. The van der Waals surface area contributed by atoms with Gasteiger partial charge in [0.2, 0.25) is 0 Å². The van der Waals surface area contributed by atoms with Crippen molar-refractivity contribution in [1.29, 1.82) is 0 Å². The number of aliphatic hydroxyl groups is 1. The molecule has 2 aromatic rings. The average Bonchev–Trinajstić information content (AvgIpc) is 3.03. The second-order valence-corrected chi connectivity index (χ2v) is 6.39. The van der Waals surface area contributed by atoms with Crippen LogP contribution in [-0.2, 0) is 4.79 Å². The van der Waals surface area contributed by atoms with E-state index < -0.39 is 24.0 Å². The number of hydrogen-bond donors (Lipinski definition) is 3. The lowest BCUT2D eigenvalue weighted by molar-refractivity contribution is -0.141. The van der Waals surface area contributed by atoms with Gasteiger partial charge in [-0.15, -0.1) is 22.7 Å². The van der Waals surface area contributed by atoms with Crippen LogP contribution in [0.2, 0.25) is 0 Å². The smallest absolute Gasteiger partial charge is 0.328 e. The molecular weight excluding hydrogens is 312 g/mol. The largest absolute Gasteiger partial charge is 0.480 e. The van der Waals surface area contributed by atoms with Crippen molar-refractivity contribution in [3.05, 3.63) is 28.1 Å². The molecule has 2 rings (SSSR count). The minimum absolute atomic E-state index is 0.352. The molecule has 0 bridgehead atoms. The molecule has 0 fully saturated rings. The molecular formula is C13H14N2O4S2. The van der Waals surface area contributed by atoms with Crippen LogP contribution in [0.3, 0.4) is 0 Å². The van der Waals surface area contributed by atoms with Crippen molar-refractivity contribution in [2.24, 2.45) is 0 Å². The molecule has 2 heterocycles. The molecule has 0 aromatic carbocycles. The van der Waals surface area contributed by atoms with Crippen molar-refractivity contribution < 1.29 is 19.8 Å². The van der Waals surface area contributed by atoms with E-state index in [1.54, 1.807) is 6.92 Å². The summed E-state index contributed by atoms with van der Waals surface area (Å²) in [5.74, 6) is -1.82. The highest BCUT2D eigenvalue weighted by Gasteiger charge is 2.27. The topological polar surface area (TPSA) is 99.5 Å². The Bertz CT molecular complexity index is 649. The quantitative estimate of drug-likeness (QED) is 0.777. The lowest BCUT2D eigenvalue weighted by atomic mass is 10.2. The van der Waals surface area contributed by atoms with E-state index in [2.05, 4.69) is 10.3 Å². The van der Waals surface area contributed by atoms with Gasteiger partial charge in [-0.3, -0.25) is 4.79 Å². The number of amides is 1. The number of aromatic nitrogens is 1. The maximum absolute atomic E-state index is 12.2. The molecule has 1 amide bonds. The molecule has 6 nitrogen and oxygen atoms in total. The average molecular weight is 326 g/mol. The molecule has 0 aliphatic heterocycles. The number of carbonyl (C=O) groups is 2. The van der Waals surface area contributed by atoms with Gasteiger partial charge in [0.1, 0.15) is 9.88 Å². The van der Waals surface area contributed by atoms with E-state index in [0.29, 0.717) is 10.6 Å². The van der Waals surface area contributed by atoms with E-state index in [-0.39, 0.29) is 0 Å². The van der Waals surface area contributed by atoms with Crippen molar-refractivity contribution in [1.82, 2.24) is 10.3 Å². The summed E-state index contributed by atoms with van der Waals surface area (Å²) < 4.78 is 0. The Morgan fingerprint density at radius 3 is 2.67 bits per heavy atom. The van der Waals surface area contributed by atoms with Gasteiger partial charge < -0.3 is 15.5 Å². The standard InChI is InChI=1S/C13H14N2O4S2/c1-6-10(11(17)15-9(7(2)16)13(18)19)21-12(14-6)8-4-3-5-20-8/h3-5,7,9,16H,1-2H3,(H,15,17)(H,18,19)/t7-,9+/m1/s1. The predicted molar refractivity (Wildman–Crippen MR) is 80.7 cm³/mol. The third-order valence-electron chi connectivity index (χ3n) is 2.77. The molecule has 2 atom stereocenters. The molecule has 0 spiro atoms. The minimum Gasteiger partial charge on any atom is -0.480 e. The number of carboxylic acid groups (broad SMARTS) is 1. The number of thiazole rings is 1. The number of rotatable bonds is 5. The first-order valence-electron chi connectivity index (χ1n) is 6.13. The van der Waals surface area contributed by atoms with Gasteiger partial charge in [-0.2, -0.15) is 0 Å². The van der Waals surface area contributed by atoms with Crippen LogP contribution >= 0.6 is 22.7 Å². The predicted octanol–water partition coefficient (Wildman–Crippen LogP) is 1.74. The maximum Gasteiger partial charge on any atom is 0.328 e. The van der Waals surface area contributed by atoms with Gasteiger partial charge in [-0.1, -0.05) is 6.07 Å². The van der Waals surface area contributed by atoms with Crippen molar-refractivity contribution in [2.45, 2.75) is 26.0 Å². The van der Waals surface area contributed by atoms with Crippen molar-refractivity contribution in [2.75, 3.05) is 0 Å². The Balaban J connectivity index is 2.22. The number of aryl methyl sites for hydroxylation is 1. The van der Waals surface area contributed by atoms with Crippen LogP contribution in [0.1, 0.15) is 22.3 Å². The molecule has 0 saturated heterocycles. The highest BCUT2D eigenvalue weighted by Crippen LogP contribution is 2.31. The van der Waals surface area contributed by atoms with Crippen LogP contribution in [-0.4, -0.2) is 39.2 Å². The SMILES string of the molecule is Cc1nc(-c2cccs2)sc1C(=O)N[C@H](C(=O)O)[C@@H](C)O. The molecule has 0 unspecified atom stereocenters. The monoisotopic (exact) mass is 326 g/mol. The Kier molecular flexibility index (Phi) is 4.71. The zero-order chi connectivity index (χ0) is 15.6. The molecule has 0 radical (unpaired) electrons. The van der Waals surface area contributed by atoms with Gasteiger partial charge in [0.25, 0.3) is 5.91 Å². The molecule has 21 heavy (non-hydrogen) atoms. The maximum atomic E-state index is 12.2. The summed E-state index contributed by atoms with van der Waals surface area (Å²) in [6, 6.07) is 2.45. The first-order chi connectivity index (χ1) is 9.90.